The maximum Gasteiger partial charge on any atom is 0.316 e. The van der Waals surface area contributed by atoms with Crippen molar-refractivity contribution in [2.45, 2.75) is 166 Å². The molecule has 12 nitrogen and oxygen atoms in total. The van der Waals surface area contributed by atoms with Crippen molar-refractivity contribution in [3.63, 3.8) is 0 Å². The van der Waals surface area contributed by atoms with Crippen LogP contribution >= 0.6 is 15.9 Å². The van der Waals surface area contributed by atoms with Gasteiger partial charge in [-0.3, -0.25) is 4.79 Å². The number of carbonyl (C=O) groups excluding carboxylic acids is 1. The molecular weight excluding hydrogens is 852 g/mol. The van der Waals surface area contributed by atoms with E-state index in [2.05, 4.69) is 81.9 Å². The molecule has 3 saturated heterocycles. The smallest absolute Gasteiger partial charge is 0.316 e. The van der Waals surface area contributed by atoms with Crippen molar-refractivity contribution < 1.29 is 57.0 Å². The number of allylic oxidation sites excluding steroid dienone is 2. The Morgan fingerprint density at radius 3 is 2.50 bits per heavy atom. The Bertz CT molecular complexity index is 1650. The van der Waals surface area contributed by atoms with Crippen LogP contribution in [0.25, 0.3) is 0 Å². The van der Waals surface area contributed by atoms with Crippen molar-refractivity contribution in [2.75, 3.05) is 32.6 Å². The Morgan fingerprint density at radius 2 is 1.80 bits per heavy atom. The molecule has 14 heteroatoms. The Morgan fingerprint density at radius 1 is 1.03 bits per heavy atom. The van der Waals surface area contributed by atoms with E-state index in [-0.39, 0.29) is 67.8 Å². The molecule has 5 heterocycles. The van der Waals surface area contributed by atoms with Gasteiger partial charge in [0.05, 0.1) is 43.2 Å². The minimum absolute atomic E-state index is 0.0676. The number of esters is 1. The maximum atomic E-state index is 14.6. The van der Waals surface area contributed by atoms with Crippen LogP contribution in [0.1, 0.15) is 80.6 Å². The maximum absolute atomic E-state index is 14.6. The van der Waals surface area contributed by atoms with E-state index in [9.17, 15) is 9.90 Å². The lowest BCUT2D eigenvalue weighted by Crippen LogP contribution is -2.60. The summed E-state index contributed by atoms with van der Waals surface area (Å²) in [6, 6.07) is 0. The second-order valence-electron chi connectivity index (χ2n) is 18.6. The Labute approximate surface area is 367 Å². The van der Waals surface area contributed by atoms with Crippen LogP contribution in [0.5, 0.6) is 0 Å². The number of hydrogen-bond acceptors (Lipinski definition) is 12. The van der Waals surface area contributed by atoms with E-state index in [0.717, 1.165) is 17.6 Å². The van der Waals surface area contributed by atoms with Gasteiger partial charge in [-0.1, -0.05) is 86.5 Å². The van der Waals surface area contributed by atoms with Crippen LogP contribution in [0, 0.1) is 23.7 Å². The second kappa shape index (κ2) is 20.1. The van der Waals surface area contributed by atoms with E-state index in [0.29, 0.717) is 36.2 Å². The molecule has 1 N–H and O–H groups in total. The molecule has 0 unspecified atom stereocenters. The highest BCUT2D eigenvalue weighted by Gasteiger charge is 2.61. The van der Waals surface area contributed by atoms with Gasteiger partial charge < -0.3 is 52.2 Å². The third-order valence-corrected chi connectivity index (χ3v) is 18.9. The minimum Gasteiger partial charge on any atom is -0.462 e. The van der Waals surface area contributed by atoms with Gasteiger partial charge in [0.2, 0.25) is 0 Å². The Hall–Kier alpha value is -1.53. The van der Waals surface area contributed by atoms with Crippen molar-refractivity contribution in [3.05, 3.63) is 59.3 Å². The molecule has 5 aliphatic heterocycles. The lowest BCUT2D eigenvalue weighted by Gasteiger charge is -2.48. The predicted octanol–water partition coefficient (Wildman–Crippen LogP) is 7.63. The fourth-order valence-electron chi connectivity index (χ4n) is 9.76. The summed E-state index contributed by atoms with van der Waals surface area (Å²) in [5.41, 5.74) is 0.722. The summed E-state index contributed by atoms with van der Waals surface area (Å²) >= 11 is 3.64. The Kier molecular flexibility index (Phi) is 16.1. The van der Waals surface area contributed by atoms with Crippen molar-refractivity contribution >= 4 is 30.2 Å². The van der Waals surface area contributed by atoms with Gasteiger partial charge in [0.15, 0.2) is 20.4 Å². The number of carbonyl (C=O) groups is 1. The summed E-state index contributed by atoms with van der Waals surface area (Å²) in [5, 5.41) is 13.0. The molecule has 6 aliphatic rings. The lowest BCUT2D eigenvalue weighted by atomic mass is 9.71. The van der Waals surface area contributed by atoms with Gasteiger partial charge >= 0.3 is 5.97 Å². The molecule has 0 radical (unpaired) electrons. The van der Waals surface area contributed by atoms with E-state index in [1.165, 1.54) is 0 Å². The van der Waals surface area contributed by atoms with Crippen molar-refractivity contribution in [1.29, 1.82) is 0 Å². The third kappa shape index (κ3) is 10.4. The predicted molar refractivity (Wildman–Crippen MR) is 234 cm³/mol. The number of halogens is 1. The summed E-state index contributed by atoms with van der Waals surface area (Å²) < 4.78 is 63.9. The normalized spacial score (nSPS) is 44.2. The molecule has 1 aliphatic carbocycles. The van der Waals surface area contributed by atoms with Crippen LogP contribution in [0.15, 0.2) is 59.3 Å². The molecule has 3 fully saturated rings. The minimum atomic E-state index is -2.20. The molecule has 0 saturated carbocycles. The summed E-state index contributed by atoms with van der Waals surface area (Å²) in [4.78, 5) is 15.4. The monoisotopic (exact) mass is 922 g/mol. The van der Waals surface area contributed by atoms with Gasteiger partial charge in [-0.15, -0.1) is 0 Å². The first-order valence-corrected chi connectivity index (χ1v) is 26.2. The summed E-state index contributed by atoms with van der Waals surface area (Å²) in [7, 11) is 1.07. The lowest BCUT2D eigenvalue weighted by molar-refractivity contribution is -0.300. The molecule has 1 spiro atoms. The van der Waals surface area contributed by atoms with Crippen molar-refractivity contribution in [1.82, 2.24) is 0 Å². The number of alkyl halides is 1. The standard InChI is InChI=1S/C46H71BrO12Si/c1-12-27(2)40-30(5)18-19-45(58-40)23-35-21-34(57-45)17-16-29(4)39(56-38-22-37(51-9)42(32(7)54-38)53-26-50-8)28(3)14-13-15-33-24-52-43-41(59-60(10,11)25-47)31(6)20-36(44(48)55-35)46(33,43)49/h13-16,18-20,27-28,30,32,34-43,49H,12,17,21-26H2,1-11H3/b14-13+,29-16+,33-15+/t27-,28-,30-,32-,34+,35-,36-,37-,38-,39-,40+,41+,42-,43+,45+,46+/m0/s1. The van der Waals surface area contributed by atoms with Gasteiger partial charge in [-0.25, -0.2) is 0 Å². The molecule has 6 rings (SSSR count). The van der Waals surface area contributed by atoms with Crippen molar-refractivity contribution in [3.8, 4) is 0 Å². The van der Waals surface area contributed by atoms with E-state index in [1.54, 1.807) is 14.2 Å². The average Bonchev–Trinajstić information content (AvgIpc) is 3.55. The van der Waals surface area contributed by atoms with Gasteiger partial charge in [0, 0.05) is 50.3 Å². The van der Waals surface area contributed by atoms with Crippen LogP contribution in [-0.4, -0.2) is 125 Å². The summed E-state index contributed by atoms with van der Waals surface area (Å²) in [6.07, 6.45) is 12.7. The highest BCUT2D eigenvalue weighted by Crippen LogP contribution is 2.48. The highest BCUT2D eigenvalue weighted by atomic mass is 79.9. The van der Waals surface area contributed by atoms with E-state index < -0.39 is 56.2 Å². The number of hydrogen-bond donors (Lipinski definition) is 1. The van der Waals surface area contributed by atoms with Gasteiger partial charge in [-0.2, -0.15) is 0 Å². The molecule has 0 aromatic rings. The second-order valence-corrected chi connectivity index (χ2v) is 24.3. The van der Waals surface area contributed by atoms with Crippen LogP contribution in [0.2, 0.25) is 13.1 Å². The average molecular weight is 924 g/mol. The van der Waals surface area contributed by atoms with E-state index >= 15 is 0 Å². The third-order valence-electron chi connectivity index (χ3n) is 13.4. The first kappa shape index (κ1) is 47.9. The number of ether oxygens (including phenoxy) is 9. The summed E-state index contributed by atoms with van der Waals surface area (Å²) in [5.74, 6) is -2.26. The number of aliphatic hydroxyl groups is 1. The quantitative estimate of drug-likeness (QED) is 0.0720. The van der Waals surface area contributed by atoms with Crippen molar-refractivity contribution in [2.24, 2.45) is 23.7 Å². The molecule has 2 bridgehead atoms. The summed E-state index contributed by atoms with van der Waals surface area (Å²) in [6.45, 7) is 19.2. The van der Waals surface area contributed by atoms with Crippen LogP contribution in [0.3, 0.4) is 0 Å². The SMILES string of the molecule is CC[C@H](C)[C@H]1O[C@]2(C=C[C@@H]1C)C[C@@H]1C[C@@H](C/C=C(\C)[C@@H](O[C@H]3C[C@H](OC)[C@@H](OCOC)[C@H](C)O3)[C@@H](C)/C=C/C=C3\CO[C@@H]4[C@H](O[Si](C)(C)CBr)C(C)=C[C@@H](C(=O)O1)[C@]34O)O2. The first-order valence-electron chi connectivity index (χ1n) is 22.0. The fourth-order valence-corrected chi connectivity index (χ4v) is 11.2. The van der Waals surface area contributed by atoms with Gasteiger partial charge in [0.1, 0.15) is 36.6 Å². The Balaban J connectivity index is 1.39. The van der Waals surface area contributed by atoms with Crippen LogP contribution < -0.4 is 0 Å². The molecular formula is C46H71BrO12Si. The van der Waals surface area contributed by atoms with Gasteiger partial charge in [-0.05, 0) is 69.0 Å². The zero-order valence-corrected chi connectivity index (χ0v) is 40.2. The molecule has 16 atom stereocenters. The molecule has 60 heavy (non-hydrogen) atoms. The zero-order valence-electron chi connectivity index (χ0n) is 37.6. The highest BCUT2D eigenvalue weighted by molar-refractivity contribution is 9.09. The molecule has 0 aromatic carbocycles. The molecule has 0 aromatic heterocycles. The van der Waals surface area contributed by atoms with Crippen LogP contribution in [-0.2, 0) is 51.9 Å². The largest absolute Gasteiger partial charge is 0.462 e. The number of fused-ring (bicyclic) bond motifs is 2. The molecule has 0 amide bonds. The molecule has 338 valence electrons. The topological polar surface area (TPSA) is 130 Å². The van der Waals surface area contributed by atoms with E-state index in [4.69, 9.17) is 47.1 Å². The zero-order chi connectivity index (χ0) is 43.6. The van der Waals surface area contributed by atoms with Gasteiger partial charge in [0.25, 0.3) is 0 Å². The van der Waals surface area contributed by atoms with E-state index in [1.807, 2.05) is 38.2 Å². The fraction of sp³-hybridized carbons (Fsp3) is 0.761. The number of rotatable bonds is 11. The number of methoxy groups -OCH3 is 2. The van der Waals surface area contributed by atoms with Crippen LogP contribution in [0.4, 0.5) is 0 Å². The first-order chi connectivity index (χ1) is 28.5.